The molecule has 2 aromatic carbocycles. The molecule has 0 bridgehead atoms. The third-order valence-electron chi connectivity index (χ3n) is 5.64. The molecule has 3 rings (SSSR count). The summed E-state index contributed by atoms with van der Waals surface area (Å²) in [5.41, 5.74) is 0.193. The van der Waals surface area contributed by atoms with Crippen LogP contribution in [0.25, 0.3) is 0 Å². The lowest BCUT2D eigenvalue weighted by Gasteiger charge is -2.27. The van der Waals surface area contributed by atoms with Crippen molar-refractivity contribution in [2.75, 3.05) is 13.6 Å². The van der Waals surface area contributed by atoms with Gasteiger partial charge in [-0.3, -0.25) is 0 Å². The summed E-state index contributed by atoms with van der Waals surface area (Å²) in [4.78, 5) is 14.2. The van der Waals surface area contributed by atoms with Gasteiger partial charge in [0.2, 0.25) is 0 Å². The lowest BCUT2D eigenvalue weighted by Crippen LogP contribution is -2.44. The van der Waals surface area contributed by atoms with Crippen LogP contribution in [0.15, 0.2) is 54.6 Å². The fourth-order valence-corrected chi connectivity index (χ4v) is 3.79. The molecular formula is C24H29F3N2O2. The standard InChI is InChI=1S/C24H29F3N2O2/c1-29(23(30)28-20-10-6-3-7-11-20)17-16-22(18-8-4-2-5-9-18)31-21-14-12-19(13-15-21)24(25,26)27/h2,4-5,8-9,12-15,20,22H,3,6-7,10-11,16-17H2,1H3,(H,28,30). The Labute approximate surface area is 181 Å². The maximum absolute atomic E-state index is 12.8. The van der Waals surface area contributed by atoms with E-state index in [2.05, 4.69) is 5.32 Å². The van der Waals surface area contributed by atoms with Crippen LogP contribution >= 0.6 is 0 Å². The highest BCUT2D eigenvalue weighted by Gasteiger charge is 2.30. The summed E-state index contributed by atoms with van der Waals surface area (Å²) in [7, 11) is 1.75. The largest absolute Gasteiger partial charge is 0.486 e. The van der Waals surface area contributed by atoms with Gasteiger partial charge in [0, 0.05) is 26.1 Å². The van der Waals surface area contributed by atoms with Crippen molar-refractivity contribution >= 4 is 6.03 Å². The maximum atomic E-state index is 12.8. The van der Waals surface area contributed by atoms with Crippen LogP contribution in [0.3, 0.4) is 0 Å². The van der Waals surface area contributed by atoms with Crippen LogP contribution in [-0.2, 0) is 6.18 Å². The van der Waals surface area contributed by atoms with Crippen LogP contribution in [0, 0.1) is 0 Å². The molecule has 0 radical (unpaired) electrons. The predicted octanol–water partition coefficient (Wildman–Crippen LogP) is 6.19. The van der Waals surface area contributed by atoms with E-state index in [9.17, 15) is 18.0 Å². The average molecular weight is 435 g/mol. The van der Waals surface area contributed by atoms with E-state index in [0.717, 1.165) is 43.4 Å². The summed E-state index contributed by atoms with van der Waals surface area (Å²) in [6.45, 7) is 0.457. The molecular weight excluding hydrogens is 405 g/mol. The molecule has 1 aliphatic rings. The molecule has 2 aromatic rings. The van der Waals surface area contributed by atoms with Gasteiger partial charge < -0.3 is 15.0 Å². The molecule has 1 unspecified atom stereocenters. The topological polar surface area (TPSA) is 41.6 Å². The second kappa shape index (κ2) is 10.6. The van der Waals surface area contributed by atoms with E-state index in [1.807, 2.05) is 30.3 Å². The smallest absolute Gasteiger partial charge is 0.416 e. The van der Waals surface area contributed by atoms with Crippen LogP contribution in [0.5, 0.6) is 5.75 Å². The maximum Gasteiger partial charge on any atom is 0.416 e. The summed E-state index contributed by atoms with van der Waals surface area (Å²) in [5.74, 6) is 0.358. The Morgan fingerprint density at radius 1 is 1.06 bits per heavy atom. The van der Waals surface area contributed by atoms with E-state index in [4.69, 9.17) is 4.74 Å². The third-order valence-corrected chi connectivity index (χ3v) is 5.64. The molecule has 0 saturated heterocycles. The number of urea groups is 1. The van der Waals surface area contributed by atoms with Crippen LogP contribution in [0.1, 0.15) is 55.8 Å². The zero-order chi connectivity index (χ0) is 22.3. The average Bonchev–Trinajstić information content (AvgIpc) is 2.77. The Morgan fingerprint density at radius 3 is 2.32 bits per heavy atom. The molecule has 1 aliphatic carbocycles. The Balaban J connectivity index is 1.62. The second-order valence-corrected chi connectivity index (χ2v) is 8.03. The van der Waals surface area contributed by atoms with E-state index >= 15 is 0 Å². The van der Waals surface area contributed by atoms with Gasteiger partial charge in [-0.2, -0.15) is 13.2 Å². The fourth-order valence-electron chi connectivity index (χ4n) is 3.79. The minimum atomic E-state index is -4.38. The first-order valence-corrected chi connectivity index (χ1v) is 10.7. The van der Waals surface area contributed by atoms with Crippen molar-refractivity contribution in [1.82, 2.24) is 10.2 Å². The number of amides is 2. The zero-order valence-corrected chi connectivity index (χ0v) is 17.7. The first-order chi connectivity index (χ1) is 14.8. The van der Waals surface area contributed by atoms with Crippen LogP contribution in [-0.4, -0.2) is 30.6 Å². The number of alkyl halides is 3. The number of carbonyl (C=O) groups is 1. The van der Waals surface area contributed by atoms with Crippen molar-refractivity contribution in [2.24, 2.45) is 0 Å². The molecule has 31 heavy (non-hydrogen) atoms. The van der Waals surface area contributed by atoms with Crippen molar-refractivity contribution in [1.29, 1.82) is 0 Å². The van der Waals surface area contributed by atoms with Crippen molar-refractivity contribution in [3.63, 3.8) is 0 Å². The number of benzene rings is 2. The molecule has 1 N–H and O–H groups in total. The Hall–Kier alpha value is -2.70. The number of nitrogens with one attached hydrogen (secondary N) is 1. The number of rotatable bonds is 7. The molecule has 168 valence electrons. The first-order valence-electron chi connectivity index (χ1n) is 10.7. The lowest BCUT2D eigenvalue weighted by molar-refractivity contribution is -0.137. The summed E-state index contributed by atoms with van der Waals surface area (Å²) >= 11 is 0. The minimum absolute atomic E-state index is 0.103. The molecule has 1 fully saturated rings. The van der Waals surface area contributed by atoms with Gasteiger partial charge in [0.15, 0.2) is 0 Å². The van der Waals surface area contributed by atoms with Gasteiger partial charge in [0.25, 0.3) is 0 Å². The quantitative estimate of drug-likeness (QED) is 0.565. The minimum Gasteiger partial charge on any atom is -0.486 e. The van der Waals surface area contributed by atoms with Gasteiger partial charge in [-0.05, 0) is 42.7 Å². The van der Waals surface area contributed by atoms with E-state index in [0.29, 0.717) is 18.7 Å². The molecule has 0 aromatic heterocycles. The lowest BCUT2D eigenvalue weighted by atomic mass is 9.96. The van der Waals surface area contributed by atoms with Gasteiger partial charge in [-0.1, -0.05) is 49.6 Å². The number of ether oxygens (including phenoxy) is 1. The number of carbonyl (C=O) groups excluding carboxylic acids is 1. The van der Waals surface area contributed by atoms with Gasteiger partial charge in [0.05, 0.1) is 5.56 Å². The van der Waals surface area contributed by atoms with Gasteiger partial charge in [0.1, 0.15) is 11.9 Å². The number of nitrogens with zero attached hydrogens (tertiary/aromatic N) is 1. The summed E-state index contributed by atoms with van der Waals surface area (Å²) in [5, 5.41) is 3.09. The van der Waals surface area contributed by atoms with Crippen molar-refractivity contribution in [3.05, 3.63) is 65.7 Å². The van der Waals surface area contributed by atoms with Crippen LogP contribution in [0.2, 0.25) is 0 Å². The molecule has 0 aliphatic heterocycles. The normalized spacial score (nSPS) is 15.9. The fraction of sp³-hybridized carbons (Fsp3) is 0.458. The summed E-state index contributed by atoms with van der Waals surface area (Å²) in [6.07, 6.45) is 1.29. The molecule has 2 amide bonds. The van der Waals surface area contributed by atoms with Crippen LogP contribution < -0.4 is 10.1 Å². The monoisotopic (exact) mass is 434 g/mol. The highest BCUT2D eigenvalue weighted by Crippen LogP contribution is 2.32. The van der Waals surface area contributed by atoms with Crippen molar-refractivity contribution < 1.29 is 22.7 Å². The predicted molar refractivity (Wildman–Crippen MR) is 114 cm³/mol. The van der Waals surface area contributed by atoms with E-state index in [1.165, 1.54) is 18.6 Å². The molecule has 1 saturated carbocycles. The molecule has 1 atom stereocenters. The second-order valence-electron chi connectivity index (χ2n) is 8.03. The van der Waals surface area contributed by atoms with E-state index in [1.54, 1.807) is 11.9 Å². The van der Waals surface area contributed by atoms with Gasteiger partial charge >= 0.3 is 12.2 Å². The van der Waals surface area contributed by atoms with E-state index < -0.39 is 11.7 Å². The SMILES string of the molecule is CN(CCC(Oc1ccc(C(F)(F)F)cc1)c1ccccc1)C(=O)NC1CCCCC1. The molecule has 4 nitrogen and oxygen atoms in total. The Morgan fingerprint density at radius 2 is 1.71 bits per heavy atom. The Kier molecular flexibility index (Phi) is 7.82. The summed E-state index contributed by atoms with van der Waals surface area (Å²) in [6, 6.07) is 14.3. The third kappa shape index (κ3) is 6.91. The Bertz CT molecular complexity index is 819. The number of hydrogen-bond donors (Lipinski definition) is 1. The molecule has 7 heteroatoms. The summed E-state index contributed by atoms with van der Waals surface area (Å²) < 4.78 is 44.5. The van der Waals surface area contributed by atoms with Crippen molar-refractivity contribution in [3.8, 4) is 5.75 Å². The molecule has 0 heterocycles. The van der Waals surface area contributed by atoms with Crippen LogP contribution in [0.4, 0.5) is 18.0 Å². The van der Waals surface area contributed by atoms with Crippen molar-refractivity contribution in [2.45, 2.75) is 56.8 Å². The molecule has 0 spiro atoms. The van der Waals surface area contributed by atoms with E-state index in [-0.39, 0.29) is 18.2 Å². The van der Waals surface area contributed by atoms with Gasteiger partial charge in [-0.15, -0.1) is 0 Å². The highest BCUT2D eigenvalue weighted by atomic mass is 19.4. The zero-order valence-electron chi connectivity index (χ0n) is 17.7. The van der Waals surface area contributed by atoms with Gasteiger partial charge in [-0.25, -0.2) is 4.79 Å². The first kappa shape index (κ1) is 23.0. The highest BCUT2D eigenvalue weighted by molar-refractivity contribution is 5.74. The number of halogens is 3. The number of hydrogen-bond acceptors (Lipinski definition) is 2.